The summed E-state index contributed by atoms with van der Waals surface area (Å²) in [4.78, 5) is 14.5. The highest BCUT2D eigenvalue weighted by Gasteiger charge is 2.49. The zero-order valence-electron chi connectivity index (χ0n) is 14.1. The Kier molecular flexibility index (Phi) is 3.67. The Morgan fingerprint density at radius 2 is 1.58 bits per heavy atom. The third-order valence-electron chi connectivity index (χ3n) is 4.84. The van der Waals surface area contributed by atoms with E-state index in [0.29, 0.717) is 28.1 Å². The number of fused-ring (bicyclic) bond motifs is 1. The summed E-state index contributed by atoms with van der Waals surface area (Å²) in [7, 11) is 0. The number of carbonyl (C=O) groups is 1. The van der Waals surface area contributed by atoms with E-state index in [1.807, 2.05) is 36.4 Å². The molecule has 0 saturated heterocycles. The fourth-order valence-electron chi connectivity index (χ4n) is 3.47. The molecule has 0 aliphatic carbocycles. The number of nitrogens with two attached hydrogens (primary N) is 2. The fraction of sp³-hybridized carbons (Fsp3) is 0.0952. The number of aliphatic hydroxyl groups is 1. The lowest BCUT2D eigenvalue weighted by Gasteiger charge is -2.35. The van der Waals surface area contributed by atoms with Crippen LogP contribution in [-0.2, 0) is 12.3 Å². The first-order valence-electron chi connectivity index (χ1n) is 8.35. The van der Waals surface area contributed by atoms with Crippen LogP contribution in [0.15, 0.2) is 72.8 Å². The highest BCUT2D eigenvalue weighted by Crippen LogP contribution is 2.43. The molecule has 5 N–H and O–H groups in total. The number of anilines is 2. The molecule has 1 amide bonds. The molecule has 4 rings (SSSR count). The molecule has 0 saturated carbocycles. The third kappa shape index (κ3) is 2.33. The summed E-state index contributed by atoms with van der Waals surface area (Å²) >= 11 is 0. The first-order valence-corrected chi connectivity index (χ1v) is 8.35. The van der Waals surface area contributed by atoms with Crippen LogP contribution in [0.5, 0.6) is 0 Å². The fourth-order valence-corrected chi connectivity index (χ4v) is 3.47. The molecule has 3 aromatic carbocycles. The van der Waals surface area contributed by atoms with E-state index in [1.54, 1.807) is 36.4 Å². The molecule has 1 aliphatic rings. The second kappa shape index (κ2) is 5.89. The lowest BCUT2D eigenvalue weighted by Crippen LogP contribution is -2.44. The van der Waals surface area contributed by atoms with Crippen molar-refractivity contribution in [3.05, 3.63) is 95.1 Å². The normalized spacial score (nSPS) is 18.8. The molecule has 130 valence electrons. The first-order chi connectivity index (χ1) is 12.5. The van der Waals surface area contributed by atoms with Gasteiger partial charge in [0.2, 0.25) is 0 Å². The van der Waals surface area contributed by atoms with Gasteiger partial charge in [-0.25, -0.2) is 0 Å². The molecule has 0 fully saturated rings. The number of benzene rings is 3. The summed E-state index contributed by atoms with van der Waals surface area (Å²) < 4.78 is 0. The van der Waals surface area contributed by atoms with Gasteiger partial charge in [-0.15, -0.1) is 0 Å². The summed E-state index contributed by atoms with van der Waals surface area (Å²) in [5.41, 5.74) is 13.5. The van der Waals surface area contributed by atoms with Gasteiger partial charge in [0.1, 0.15) is 0 Å². The van der Waals surface area contributed by atoms with Gasteiger partial charge in [-0.3, -0.25) is 9.69 Å². The Labute approximate surface area is 151 Å². The topological polar surface area (TPSA) is 92.6 Å². The summed E-state index contributed by atoms with van der Waals surface area (Å²) in [6.07, 6.45) is 0. The monoisotopic (exact) mass is 345 g/mol. The lowest BCUT2D eigenvalue weighted by atomic mass is 9.93. The van der Waals surface area contributed by atoms with Crippen LogP contribution >= 0.6 is 0 Å². The van der Waals surface area contributed by atoms with Gasteiger partial charge in [-0.05, 0) is 23.8 Å². The van der Waals surface area contributed by atoms with Crippen molar-refractivity contribution in [2.24, 2.45) is 0 Å². The zero-order chi connectivity index (χ0) is 18.3. The van der Waals surface area contributed by atoms with Crippen LogP contribution in [0.2, 0.25) is 0 Å². The minimum Gasteiger partial charge on any atom is -0.397 e. The molecule has 0 unspecified atom stereocenters. The van der Waals surface area contributed by atoms with Crippen molar-refractivity contribution in [1.82, 2.24) is 4.90 Å². The van der Waals surface area contributed by atoms with Crippen molar-refractivity contribution in [2.75, 3.05) is 11.5 Å². The maximum atomic E-state index is 13.1. The molecule has 26 heavy (non-hydrogen) atoms. The maximum absolute atomic E-state index is 13.1. The third-order valence-corrected chi connectivity index (χ3v) is 4.84. The number of amides is 1. The number of nitrogen functional groups attached to an aromatic ring is 2. The molecule has 3 aromatic rings. The highest BCUT2D eigenvalue weighted by atomic mass is 16.3. The summed E-state index contributed by atoms with van der Waals surface area (Å²) in [6, 6.07) is 21.7. The second-order valence-electron chi connectivity index (χ2n) is 6.44. The van der Waals surface area contributed by atoms with Crippen LogP contribution in [0, 0.1) is 0 Å². The number of hydrogen-bond donors (Lipinski definition) is 3. The number of rotatable bonds is 3. The molecule has 1 heterocycles. The van der Waals surface area contributed by atoms with Crippen LogP contribution in [0.25, 0.3) is 0 Å². The largest absolute Gasteiger partial charge is 0.397 e. The van der Waals surface area contributed by atoms with E-state index in [0.717, 1.165) is 5.56 Å². The quantitative estimate of drug-likeness (QED) is 0.636. The van der Waals surface area contributed by atoms with Crippen LogP contribution in [0.3, 0.4) is 0 Å². The minimum atomic E-state index is -1.61. The standard InChI is InChI=1S/C21H19N3O2/c22-18-11-10-15(12-19(18)23)21(26)17-9-5-4-8-16(17)20(25)24(21)13-14-6-2-1-3-7-14/h1-12,26H,13,22-23H2/t21-/m1/s1. The van der Waals surface area contributed by atoms with E-state index >= 15 is 0 Å². The van der Waals surface area contributed by atoms with Gasteiger partial charge in [-0.2, -0.15) is 0 Å². The molecular weight excluding hydrogens is 326 g/mol. The van der Waals surface area contributed by atoms with E-state index in [9.17, 15) is 9.90 Å². The Balaban J connectivity index is 1.89. The Bertz CT molecular complexity index is 988. The molecule has 1 aliphatic heterocycles. The van der Waals surface area contributed by atoms with E-state index in [4.69, 9.17) is 11.5 Å². The van der Waals surface area contributed by atoms with Gasteiger partial charge < -0.3 is 16.6 Å². The van der Waals surface area contributed by atoms with Crippen molar-refractivity contribution in [3.63, 3.8) is 0 Å². The van der Waals surface area contributed by atoms with Crippen LogP contribution < -0.4 is 11.5 Å². The SMILES string of the molecule is Nc1ccc([C@@]2(O)c3ccccc3C(=O)N2Cc2ccccc2)cc1N. The molecule has 0 radical (unpaired) electrons. The van der Waals surface area contributed by atoms with E-state index in [2.05, 4.69) is 0 Å². The summed E-state index contributed by atoms with van der Waals surface area (Å²) in [5, 5.41) is 11.7. The molecule has 5 nitrogen and oxygen atoms in total. The van der Waals surface area contributed by atoms with Crippen molar-refractivity contribution in [3.8, 4) is 0 Å². The predicted molar refractivity (Wildman–Crippen MR) is 101 cm³/mol. The second-order valence-corrected chi connectivity index (χ2v) is 6.44. The van der Waals surface area contributed by atoms with Gasteiger partial charge in [0.15, 0.2) is 5.72 Å². The van der Waals surface area contributed by atoms with Crippen LogP contribution in [0.4, 0.5) is 11.4 Å². The van der Waals surface area contributed by atoms with E-state index in [1.165, 1.54) is 4.90 Å². The predicted octanol–water partition coefficient (Wildman–Crippen LogP) is 2.70. The zero-order valence-corrected chi connectivity index (χ0v) is 14.1. The van der Waals surface area contributed by atoms with E-state index < -0.39 is 5.72 Å². The van der Waals surface area contributed by atoms with Gasteiger partial charge in [0, 0.05) is 23.2 Å². The van der Waals surface area contributed by atoms with Gasteiger partial charge in [0.25, 0.3) is 5.91 Å². The molecule has 1 atom stereocenters. The number of carbonyl (C=O) groups excluding carboxylic acids is 1. The molecular formula is C21H19N3O2. The van der Waals surface area contributed by atoms with Crippen molar-refractivity contribution in [2.45, 2.75) is 12.3 Å². The van der Waals surface area contributed by atoms with Crippen molar-refractivity contribution >= 4 is 17.3 Å². The lowest BCUT2D eigenvalue weighted by molar-refractivity contribution is -0.0542. The van der Waals surface area contributed by atoms with Crippen LogP contribution in [0.1, 0.15) is 27.0 Å². The maximum Gasteiger partial charge on any atom is 0.257 e. The summed E-state index contributed by atoms with van der Waals surface area (Å²) in [5.74, 6) is -0.220. The number of hydrogen-bond acceptors (Lipinski definition) is 4. The molecule has 5 heteroatoms. The molecule has 0 bridgehead atoms. The van der Waals surface area contributed by atoms with E-state index in [-0.39, 0.29) is 12.5 Å². The van der Waals surface area contributed by atoms with Gasteiger partial charge >= 0.3 is 0 Å². The highest BCUT2D eigenvalue weighted by molar-refractivity contribution is 6.00. The van der Waals surface area contributed by atoms with Crippen molar-refractivity contribution in [1.29, 1.82) is 0 Å². The average Bonchev–Trinajstić information content (AvgIpc) is 2.88. The minimum absolute atomic E-state index is 0.220. The molecule has 0 aromatic heterocycles. The first kappa shape index (κ1) is 16.2. The Hall–Kier alpha value is -3.31. The molecule has 0 spiro atoms. The van der Waals surface area contributed by atoms with Crippen molar-refractivity contribution < 1.29 is 9.90 Å². The Morgan fingerprint density at radius 1 is 0.885 bits per heavy atom. The Morgan fingerprint density at radius 3 is 2.31 bits per heavy atom. The van der Waals surface area contributed by atoms with Gasteiger partial charge in [0.05, 0.1) is 11.4 Å². The average molecular weight is 345 g/mol. The number of nitrogens with zero attached hydrogens (tertiary/aromatic N) is 1. The smallest absolute Gasteiger partial charge is 0.257 e. The summed E-state index contributed by atoms with van der Waals surface area (Å²) in [6.45, 7) is 0.273. The van der Waals surface area contributed by atoms with Crippen LogP contribution in [-0.4, -0.2) is 15.9 Å². The van der Waals surface area contributed by atoms with Gasteiger partial charge in [-0.1, -0.05) is 54.6 Å².